The molecule has 21 heavy (non-hydrogen) atoms. The molecular weight excluding hydrogens is 276 g/mol. The molecule has 1 atom stereocenters. The zero-order valence-electron chi connectivity index (χ0n) is 12.9. The number of ether oxygens (including phenoxy) is 3. The molecule has 0 aromatic carbocycles. The van der Waals surface area contributed by atoms with Crippen molar-refractivity contribution in [3.05, 3.63) is 11.6 Å². The lowest BCUT2D eigenvalue weighted by Crippen LogP contribution is -2.33. The molecule has 0 heterocycles. The molecule has 0 aromatic heterocycles. The molecular formula is C15H22O6. The summed E-state index contributed by atoms with van der Waals surface area (Å²) in [5.74, 6) is -2.34. The molecule has 0 aliphatic heterocycles. The minimum absolute atomic E-state index is 0.164. The second-order valence-corrected chi connectivity index (χ2v) is 4.63. The van der Waals surface area contributed by atoms with Crippen LogP contribution in [0.15, 0.2) is 11.6 Å². The lowest BCUT2D eigenvalue weighted by molar-refractivity contribution is -0.164. The Bertz CT molecular complexity index is 433. The van der Waals surface area contributed by atoms with E-state index in [1.807, 2.05) is 0 Å². The molecule has 1 unspecified atom stereocenters. The van der Waals surface area contributed by atoms with E-state index in [2.05, 4.69) is 0 Å². The minimum atomic E-state index is -1.40. The third-order valence-electron chi connectivity index (χ3n) is 3.44. The first-order valence-electron chi connectivity index (χ1n) is 7.17. The van der Waals surface area contributed by atoms with Gasteiger partial charge in [0.05, 0.1) is 19.8 Å². The van der Waals surface area contributed by atoms with Crippen molar-refractivity contribution >= 4 is 17.9 Å². The maximum atomic E-state index is 12.2. The topological polar surface area (TPSA) is 78.9 Å². The summed E-state index contributed by atoms with van der Waals surface area (Å²) >= 11 is 0. The van der Waals surface area contributed by atoms with Crippen LogP contribution in [0.3, 0.4) is 0 Å². The highest BCUT2D eigenvalue weighted by Gasteiger charge is 2.70. The zero-order chi connectivity index (χ0) is 16.0. The van der Waals surface area contributed by atoms with E-state index in [1.165, 1.54) is 0 Å². The Morgan fingerprint density at radius 2 is 1.48 bits per heavy atom. The molecule has 1 rings (SSSR count). The van der Waals surface area contributed by atoms with Gasteiger partial charge in [-0.3, -0.25) is 9.59 Å². The van der Waals surface area contributed by atoms with Gasteiger partial charge in [0.2, 0.25) is 0 Å². The van der Waals surface area contributed by atoms with E-state index < -0.39 is 29.2 Å². The van der Waals surface area contributed by atoms with E-state index >= 15 is 0 Å². The third-order valence-corrected chi connectivity index (χ3v) is 3.44. The molecule has 0 spiro atoms. The number of allylic oxidation sites excluding steroid dienone is 1. The van der Waals surface area contributed by atoms with Crippen LogP contribution >= 0.6 is 0 Å². The summed E-state index contributed by atoms with van der Waals surface area (Å²) < 4.78 is 14.9. The molecule has 6 heteroatoms. The van der Waals surface area contributed by atoms with Gasteiger partial charge >= 0.3 is 17.9 Å². The molecule has 1 saturated carbocycles. The van der Waals surface area contributed by atoms with Gasteiger partial charge in [-0.1, -0.05) is 6.08 Å². The van der Waals surface area contributed by atoms with Gasteiger partial charge in [-0.25, -0.2) is 4.79 Å². The molecule has 0 N–H and O–H groups in total. The zero-order valence-corrected chi connectivity index (χ0v) is 12.9. The molecule has 118 valence electrons. The Morgan fingerprint density at radius 1 is 1.00 bits per heavy atom. The van der Waals surface area contributed by atoms with Crippen molar-refractivity contribution in [2.45, 2.75) is 34.1 Å². The number of carbonyl (C=O) groups is 3. The summed E-state index contributed by atoms with van der Waals surface area (Å²) in [6, 6.07) is 0. The highest BCUT2D eigenvalue weighted by Crippen LogP contribution is 2.58. The third kappa shape index (κ3) is 3.25. The molecule has 0 aromatic rings. The number of hydrogen-bond acceptors (Lipinski definition) is 6. The first-order valence-corrected chi connectivity index (χ1v) is 7.17. The van der Waals surface area contributed by atoms with Crippen molar-refractivity contribution in [3.8, 4) is 0 Å². The second kappa shape index (κ2) is 7.24. The second-order valence-electron chi connectivity index (χ2n) is 4.63. The first kappa shape index (κ1) is 17.2. The predicted octanol–water partition coefficient (Wildman–Crippen LogP) is 1.63. The maximum Gasteiger partial charge on any atom is 0.333 e. The van der Waals surface area contributed by atoms with E-state index in [-0.39, 0.29) is 26.2 Å². The normalized spacial score (nSPS) is 19.6. The summed E-state index contributed by atoms with van der Waals surface area (Å²) in [6.07, 6.45) is 1.78. The predicted molar refractivity (Wildman–Crippen MR) is 74.2 cm³/mol. The Hall–Kier alpha value is -1.85. The van der Waals surface area contributed by atoms with Crippen LogP contribution in [0.5, 0.6) is 0 Å². The number of hydrogen-bond donors (Lipinski definition) is 0. The van der Waals surface area contributed by atoms with Crippen molar-refractivity contribution < 1.29 is 28.6 Å². The number of carbonyl (C=O) groups excluding carboxylic acids is 3. The van der Waals surface area contributed by atoms with Crippen molar-refractivity contribution in [2.75, 3.05) is 19.8 Å². The number of rotatable bonds is 7. The Labute approximate surface area is 124 Å². The van der Waals surface area contributed by atoms with Gasteiger partial charge in [0.1, 0.15) is 0 Å². The highest BCUT2D eigenvalue weighted by molar-refractivity contribution is 6.07. The summed E-state index contributed by atoms with van der Waals surface area (Å²) in [5, 5.41) is 0. The van der Waals surface area contributed by atoms with Crippen LogP contribution in [0.25, 0.3) is 0 Å². The fourth-order valence-corrected chi connectivity index (χ4v) is 2.37. The van der Waals surface area contributed by atoms with Gasteiger partial charge < -0.3 is 14.2 Å². The van der Waals surface area contributed by atoms with Crippen LogP contribution in [-0.4, -0.2) is 37.7 Å². The molecule has 6 nitrogen and oxygen atoms in total. The van der Waals surface area contributed by atoms with E-state index in [4.69, 9.17) is 14.2 Å². The fourth-order valence-electron chi connectivity index (χ4n) is 2.37. The van der Waals surface area contributed by atoms with Crippen LogP contribution in [0.2, 0.25) is 0 Å². The summed E-state index contributed by atoms with van der Waals surface area (Å²) in [7, 11) is 0. The Balaban J connectivity index is 3.01. The Morgan fingerprint density at radius 3 is 1.86 bits per heavy atom. The molecule has 1 aliphatic carbocycles. The molecule has 0 radical (unpaired) electrons. The summed E-state index contributed by atoms with van der Waals surface area (Å²) in [4.78, 5) is 36.2. The van der Waals surface area contributed by atoms with Crippen LogP contribution in [-0.2, 0) is 28.6 Å². The molecule has 1 fully saturated rings. The summed E-state index contributed by atoms with van der Waals surface area (Å²) in [6.45, 7) is 7.25. The average molecular weight is 298 g/mol. The van der Waals surface area contributed by atoms with Crippen LogP contribution in [0.4, 0.5) is 0 Å². The van der Waals surface area contributed by atoms with E-state index in [9.17, 15) is 14.4 Å². The summed E-state index contributed by atoms with van der Waals surface area (Å²) in [5.41, 5.74) is -1.08. The Kier molecular flexibility index (Phi) is 5.93. The fraction of sp³-hybridized carbons (Fsp3) is 0.667. The van der Waals surface area contributed by atoms with Gasteiger partial charge in [-0.2, -0.15) is 0 Å². The lowest BCUT2D eigenvalue weighted by atomic mass is 9.99. The first-order chi connectivity index (χ1) is 9.99. The molecule has 0 amide bonds. The number of esters is 3. The van der Waals surface area contributed by atoms with Crippen molar-refractivity contribution in [2.24, 2.45) is 11.3 Å². The van der Waals surface area contributed by atoms with E-state index in [0.29, 0.717) is 5.57 Å². The van der Waals surface area contributed by atoms with Gasteiger partial charge in [0, 0.05) is 11.5 Å². The van der Waals surface area contributed by atoms with Crippen molar-refractivity contribution in [3.63, 3.8) is 0 Å². The average Bonchev–Trinajstić information content (AvgIpc) is 3.17. The molecule has 0 bridgehead atoms. The van der Waals surface area contributed by atoms with Gasteiger partial charge in [-0.15, -0.1) is 0 Å². The van der Waals surface area contributed by atoms with Crippen LogP contribution in [0.1, 0.15) is 34.1 Å². The van der Waals surface area contributed by atoms with Gasteiger partial charge in [0.15, 0.2) is 5.41 Å². The molecule has 0 saturated heterocycles. The largest absolute Gasteiger partial charge is 0.465 e. The van der Waals surface area contributed by atoms with Gasteiger partial charge in [-0.05, 0) is 34.1 Å². The standard InChI is InChI=1S/C15H22O6/c1-5-10(12(16)19-6-2)11-9-15(11,13(17)20-7-3)14(18)21-8-4/h5,11H,6-9H2,1-4H3/b10-5+. The van der Waals surface area contributed by atoms with E-state index in [1.54, 1.807) is 33.8 Å². The van der Waals surface area contributed by atoms with Gasteiger partial charge in [0.25, 0.3) is 0 Å². The lowest BCUT2D eigenvalue weighted by Gasteiger charge is -2.15. The smallest absolute Gasteiger partial charge is 0.333 e. The van der Waals surface area contributed by atoms with Crippen LogP contribution < -0.4 is 0 Å². The SMILES string of the molecule is C/C=C(/C(=O)OCC)C1CC1(C(=O)OCC)C(=O)OCC. The highest BCUT2D eigenvalue weighted by atomic mass is 16.6. The maximum absolute atomic E-state index is 12.2. The minimum Gasteiger partial charge on any atom is -0.465 e. The van der Waals surface area contributed by atoms with Crippen molar-refractivity contribution in [1.82, 2.24) is 0 Å². The van der Waals surface area contributed by atoms with Crippen LogP contribution in [0, 0.1) is 11.3 Å². The monoisotopic (exact) mass is 298 g/mol. The molecule has 1 aliphatic rings. The quantitative estimate of drug-likeness (QED) is 0.308. The van der Waals surface area contributed by atoms with E-state index in [0.717, 1.165) is 0 Å². The van der Waals surface area contributed by atoms with Crippen molar-refractivity contribution in [1.29, 1.82) is 0 Å².